The normalized spacial score (nSPS) is 10.6. The predicted octanol–water partition coefficient (Wildman–Crippen LogP) is 10.1. The Hall–Kier alpha value is -4.91. The smallest absolute Gasteiger partial charge is 0.257 e. The van der Waals surface area contributed by atoms with Gasteiger partial charge in [0.2, 0.25) is 0 Å². The van der Waals surface area contributed by atoms with Crippen molar-refractivity contribution in [3.8, 4) is 67.0 Å². The average Bonchev–Trinajstić information content (AvgIpc) is 3.09. The van der Waals surface area contributed by atoms with Crippen molar-refractivity contribution in [3.05, 3.63) is 170 Å². The molecule has 2 heterocycles. The van der Waals surface area contributed by atoms with Crippen LogP contribution in [0.25, 0.3) is 67.0 Å². The first-order chi connectivity index (χ1) is 20.8. The Morgan fingerprint density at radius 1 is 0.302 bits per heavy atom. The van der Waals surface area contributed by atoms with E-state index in [0.29, 0.717) is 0 Å². The second-order valence-corrected chi connectivity index (χ2v) is 10.0. The molecule has 3 heteroatoms. The summed E-state index contributed by atoms with van der Waals surface area (Å²) < 4.78 is 0. The van der Waals surface area contributed by atoms with Crippen LogP contribution in [0, 0.1) is 12.1 Å². The minimum absolute atomic E-state index is 0. The number of nitrogens with zero attached hydrogens (tertiary/aromatic N) is 2. The summed E-state index contributed by atoms with van der Waals surface area (Å²) in [5.41, 5.74) is 12.6. The van der Waals surface area contributed by atoms with Crippen LogP contribution in [0.5, 0.6) is 0 Å². The number of benzene rings is 5. The van der Waals surface area contributed by atoms with E-state index in [2.05, 4.69) is 131 Å². The zero-order valence-electron chi connectivity index (χ0n) is 23.2. The van der Waals surface area contributed by atoms with E-state index in [1.165, 1.54) is 0 Å². The van der Waals surface area contributed by atoms with E-state index in [1.54, 1.807) is 0 Å². The molecule has 0 saturated carbocycles. The first kappa shape index (κ1) is 28.2. The van der Waals surface area contributed by atoms with Crippen molar-refractivity contribution >= 4 is 0 Å². The van der Waals surface area contributed by atoms with Gasteiger partial charge in [-0.05, 0) is 35.4 Å². The predicted molar refractivity (Wildman–Crippen MR) is 172 cm³/mol. The Morgan fingerprint density at radius 3 is 0.930 bits per heavy atom. The largest absolute Gasteiger partial charge is 2.00 e. The summed E-state index contributed by atoms with van der Waals surface area (Å²) in [7, 11) is 0. The quantitative estimate of drug-likeness (QED) is 0.159. The van der Waals surface area contributed by atoms with Crippen LogP contribution in [0.3, 0.4) is 0 Å². The van der Waals surface area contributed by atoms with E-state index in [4.69, 9.17) is 0 Å². The van der Waals surface area contributed by atoms with Gasteiger partial charge in [0.25, 0.3) is 0 Å². The summed E-state index contributed by atoms with van der Waals surface area (Å²) in [6, 6.07) is 57.5. The van der Waals surface area contributed by atoms with Crippen molar-refractivity contribution in [1.82, 2.24) is 9.97 Å². The summed E-state index contributed by atoms with van der Waals surface area (Å²) in [5.74, 6) is 0. The van der Waals surface area contributed by atoms with E-state index in [9.17, 15) is 0 Å². The fourth-order valence-corrected chi connectivity index (χ4v) is 5.45. The summed E-state index contributed by atoms with van der Waals surface area (Å²) in [6.07, 6.45) is 3.67. The maximum atomic E-state index is 4.61. The molecule has 206 valence electrons. The van der Waals surface area contributed by atoms with E-state index < -0.39 is 0 Å². The Balaban J connectivity index is 0.00000329. The number of aromatic nitrogens is 2. The molecule has 0 aliphatic carbocycles. The third-order valence-corrected chi connectivity index (χ3v) is 7.41. The Kier molecular flexibility index (Phi) is 8.49. The molecular formula is C40H26N2Pt. The molecule has 0 N–H and O–H groups in total. The molecule has 0 unspecified atom stereocenters. The van der Waals surface area contributed by atoms with Crippen molar-refractivity contribution in [2.24, 2.45) is 0 Å². The van der Waals surface area contributed by atoms with E-state index in [0.717, 1.165) is 67.0 Å². The average molecular weight is 730 g/mol. The van der Waals surface area contributed by atoms with Crippen LogP contribution in [0.1, 0.15) is 0 Å². The molecule has 0 atom stereocenters. The molecule has 0 aliphatic heterocycles. The fourth-order valence-electron chi connectivity index (χ4n) is 5.45. The molecular weight excluding hydrogens is 704 g/mol. The van der Waals surface area contributed by atoms with Gasteiger partial charge in [0.1, 0.15) is 0 Å². The maximum absolute atomic E-state index is 4.61. The Morgan fingerprint density at radius 2 is 0.605 bits per heavy atom. The molecule has 7 aromatic rings. The van der Waals surface area contributed by atoms with Crippen molar-refractivity contribution in [2.75, 3.05) is 0 Å². The van der Waals surface area contributed by atoms with Crippen molar-refractivity contribution in [2.45, 2.75) is 0 Å². The summed E-state index contributed by atoms with van der Waals surface area (Å²) in [4.78, 5) is 9.21. The number of rotatable bonds is 6. The van der Waals surface area contributed by atoms with Gasteiger partial charge in [0.05, 0.1) is 11.4 Å². The van der Waals surface area contributed by atoms with E-state index in [-0.39, 0.29) is 21.1 Å². The molecule has 0 bridgehead atoms. The third kappa shape index (κ3) is 5.88. The molecule has 2 aromatic heterocycles. The number of hydrogen-bond donors (Lipinski definition) is 0. The maximum Gasteiger partial charge on any atom is 2.00 e. The van der Waals surface area contributed by atoms with Gasteiger partial charge in [-0.1, -0.05) is 96.1 Å². The molecule has 0 aliphatic rings. The first-order valence-electron chi connectivity index (χ1n) is 14.0. The van der Waals surface area contributed by atoms with Crippen LogP contribution in [-0.2, 0) is 21.1 Å². The topological polar surface area (TPSA) is 25.8 Å². The number of hydrogen-bond acceptors (Lipinski definition) is 2. The van der Waals surface area contributed by atoms with Gasteiger partial charge in [-0.3, -0.25) is 9.97 Å². The molecule has 0 saturated heterocycles. The van der Waals surface area contributed by atoms with Crippen LogP contribution in [-0.4, -0.2) is 9.97 Å². The van der Waals surface area contributed by atoms with Crippen molar-refractivity contribution < 1.29 is 21.1 Å². The minimum Gasteiger partial charge on any atom is -0.257 e. The zero-order chi connectivity index (χ0) is 28.1. The van der Waals surface area contributed by atoms with Gasteiger partial charge in [-0.2, -0.15) is 0 Å². The van der Waals surface area contributed by atoms with Crippen LogP contribution < -0.4 is 0 Å². The second kappa shape index (κ2) is 12.9. The fraction of sp³-hybridized carbons (Fsp3) is 0. The molecule has 2 nitrogen and oxygen atoms in total. The van der Waals surface area contributed by atoms with Gasteiger partial charge >= 0.3 is 21.1 Å². The molecule has 0 radical (unpaired) electrons. The molecule has 5 aromatic carbocycles. The summed E-state index contributed by atoms with van der Waals surface area (Å²) >= 11 is 0. The van der Waals surface area contributed by atoms with Crippen molar-refractivity contribution in [3.63, 3.8) is 0 Å². The summed E-state index contributed by atoms with van der Waals surface area (Å²) in [5, 5.41) is 0. The van der Waals surface area contributed by atoms with E-state index in [1.807, 2.05) is 48.8 Å². The molecule has 0 amide bonds. The standard InChI is InChI=1S/C40H26N2.Pt/c1-2-18-34(30-14-12-16-32(28-30)36-20-4-6-22-38(36)40-24-8-10-26-42-40)33(17-1)29-13-11-15-31(27-29)35-19-3-5-21-37(35)39-23-7-9-25-41-39;/h1-26H;/q-2;+2. The Labute approximate surface area is 267 Å². The van der Waals surface area contributed by atoms with Crippen molar-refractivity contribution in [1.29, 1.82) is 0 Å². The third-order valence-electron chi connectivity index (χ3n) is 7.41. The van der Waals surface area contributed by atoms with Gasteiger partial charge in [0.15, 0.2) is 0 Å². The monoisotopic (exact) mass is 729 g/mol. The van der Waals surface area contributed by atoms with Crippen LogP contribution in [0.2, 0.25) is 0 Å². The molecule has 43 heavy (non-hydrogen) atoms. The van der Waals surface area contributed by atoms with Crippen LogP contribution in [0.15, 0.2) is 158 Å². The first-order valence-corrected chi connectivity index (χ1v) is 14.0. The van der Waals surface area contributed by atoms with Gasteiger partial charge < -0.3 is 0 Å². The van der Waals surface area contributed by atoms with Gasteiger partial charge in [-0.25, -0.2) is 0 Å². The molecule has 0 fully saturated rings. The van der Waals surface area contributed by atoms with Gasteiger partial charge in [0, 0.05) is 12.4 Å². The second-order valence-electron chi connectivity index (χ2n) is 10.0. The van der Waals surface area contributed by atoms with Gasteiger partial charge in [-0.15, -0.1) is 81.9 Å². The van der Waals surface area contributed by atoms with Crippen LogP contribution in [0.4, 0.5) is 0 Å². The summed E-state index contributed by atoms with van der Waals surface area (Å²) in [6.45, 7) is 0. The molecule has 7 rings (SSSR count). The SMILES string of the molecule is [Pt+2].[c-]1c(-c2ccccc2-c2[c-]c(-c3ccccc3-c3ccccn3)ccc2)cccc1-c1ccccc1-c1ccccn1. The Bertz CT molecular complexity index is 1840. The van der Waals surface area contributed by atoms with Crippen LogP contribution >= 0.6 is 0 Å². The van der Waals surface area contributed by atoms with E-state index >= 15 is 0 Å². The molecule has 0 spiro atoms. The number of pyridine rings is 2. The zero-order valence-corrected chi connectivity index (χ0v) is 25.5. The minimum atomic E-state index is 0.